The van der Waals surface area contributed by atoms with E-state index in [1.165, 1.54) is 18.3 Å². The first-order valence-corrected chi connectivity index (χ1v) is 10.9. The lowest BCUT2D eigenvalue weighted by Crippen LogP contribution is -2.26. The topological polar surface area (TPSA) is 136 Å². The highest BCUT2D eigenvalue weighted by atomic mass is 19.1. The predicted molar refractivity (Wildman–Crippen MR) is 129 cm³/mol. The highest BCUT2D eigenvalue weighted by molar-refractivity contribution is 6.08. The van der Waals surface area contributed by atoms with E-state index in [0.717, 1.165) is 28.1 Å². The molecule has 34 heavy (non-hydrogen) atoms. The number of primary amides is 1. The number of aliphatic hydroxyl groups excluding tert-OH is 1. The van der Waals surface area contributed by atoms with Crippen molar-refractivity contribution in [3.63, 3.8) is 0 Å². The number of carbonyl (C=O) groups is 1. The molecule has 2 aromatic heterocycles. The van der Waals surface area contributed by atoms with Crippen LogP contribution >= 0.6 is 0 Å². The number of fused-ring (bicyclic) bond motifs is 1. The van der Waals surface area contributed by atoms with Crippen molar-refractivity contribution in [3.8, 4) is 11.3 Å². The first-order chi connectivity index (χ1) is 16.4. The Morgan fingerprint density at radius 3 is 2.65 bits per heavy atom. The molecule has 176 valence electrons. The Hall–Kier alpha value is -3.79. The zero-order valence-corrected chi connectivity index (χ0v) is 18.6. The van der Waals surface area contributed by atoms with E-state index in [9.17, 15) is 9.18 Å². The van der Waals surface area contributed by atoms with Crippen LogP contribution in [0.15, 0.2) is 54.7 Å². The summed E-state index contributed by atoms with van der Waals surface area (Å²) in [6.07, 6.45) is 0.701. The second kappa shape index (κ2) is 10.0. The van der Waals surface area contributed by atoms with Gasteiger partial charge in [-0.15, -0.1) is 0 Å². The third-order valence-electron chi connectivity index (χ3n) is 5.61. The number of carbonyl (C=O) groups excluding carboxylic acids is 1. The van der Waals surface area contributed by atoms with Crippen LogP contribution in [0.25, 0.3) is 22.3 Å². The fraction of sp³-hybridized carbons (Fsp3) is 0.200. The number of rotatable bonds is 9. The number of nitrogens with one attached hydrogen (secondary N) is 3. The number of hydrogen-bond acceptors (Lipinski definition) is 6. The Morgan fingerprint density at radius 1 is 1.21 bits per heavy atom. The minimum Gasteiger partial charge on any atom is -0.367 e. The van der Waals surface area contributed by atoms with Gasteiger partial charge in [-0.1, -0.05) is 19.1 Å². The third-order valence-corrected chi connectivity index (χ3v) is 5.61. The van der Waals surface area contributed by atoms with E-state index in [1.807, 2.05) is 31.2 Å². The first kappa shape index (κ1) is 23.4. The van der Waals surface area contributed by atoms with Crippen molar-refractivity contribution in [2.45, 2.75) is 26.2 Å². The molecule has 0 fully saturated rings. The number of aromatic amines is 1. The van der Waals surface area contributed by atoms with Gasteiger partial charge >= 0.3 is 0 Å². The zero-order chi connectivity index (χ0) is 24.2. The summed E-state index contributed by atoms with van der Waals surface area (Å²) < 4.78 is 13.4. The minimum atomic E-state index is -1.43. The van der Waals surface area contributed by atoms with E-state index >= 15 is 0 Å². The van der Waals surface area contributed by atoms with Crippen LogP contribution < -0.4 is 16.4 Å². The summed E-state index contributed by atoms with van der Waals surface area (Å²) in [4.78, 5) is 19.8. The molecule has 0 spiro atoms. The molecular weight excluding hydrogens is 437 g/mol. The van der Waals surface area contributed by atoms with Gasteiger partial charge in [0.15, 0.2) is 6.29 Å². The lowest BCUT2D eigenvalue weighted by atomic mass is 10.0. The Labute approximate surface area is 195 Å². The molecule has 2 heterocycles. The van der Waals surface area contributed by atoms with Crippen LogP contribution in [0.3, 0.4) is 0 Å². The molecule has 0 radical (unpaired) electrons. The maximum absolute atomic E-state index is 13.4. The molecule has 0 aliphatic rings. The highest BCUT2D eigenvalue weighted by Crippen LogP contribution is 2.34. The van der Waals surface area contributed by atoms with Crippen molar-refractivity contribution in [3.05, 3.63) is 77.2 Å². The largest absolute Gasteiger partial charge is 0.367 e. The molecule has 8 nitrogen and oxygen atoms in total. The fourth-order valence-electron chi connectivity index (χ4n) is 3.99. The van der Waals surface area contributed by atoms with Crippen molar-refractivity contribution in [2.75, 3.05) is 11.9 Å². The lowest BCUT2D eigenvalue weighted by Gasteiger charge is -2.18. The summed E-state index contributed by atoms with van der Waals surface area (Å²) in [5, 5.41) is 25.3. The normalized spacial score (nSPS) is 11.3. The standard InChI is InChI=1S/C25H26FN5O3/c1-2-17-15(11-28-13-22(32)33)4-3-5-20(17)30-23-18-10-21(14-6-8-16(26)9-7-14)31-25(18)29-12-19(23)24(27)34/h3-10,12,22,28,32-33H,2,11,13H2,1H3,(H2,27,34)(H2,29,30,31). The second-order valence-corrected chi connectivity index (χ2v) is 7.90. The van der Waals surface area contributed by atoms with E-state index in [0.29, 0.717) is 29.7 Å². The Morgan fingerprint density at radius 2 is 1.97 bits per heavy atom. The monoisotopic (exact) mass is 463 g/mol. The minimum absolute atomic E-state index is 0.0487. The van der Waals surface area contributed by atoms with Crippen molar-refractivity contribution < 1.29 is 19.4 Å². The summed E-state index contributed by atoms with van der Waals surface area (Å²) >= 11 is 0. The number of nitrogens with zero attached hydrogens (tertiary/aromatic N) is 1. The van der Waals surface area contributed by atoms with Crippen LogP contribution in [0, 0.1) is 5.82 Å². The molecule has 0 saturated heterocycles. The van der Waals surface area contributed by atoms with Gasteiger partial charge in [-0.3, -0.25) is 4.79 Å². The van der Waals surface area contributed by atoms with Gasteiger partial charge in [-0.2, -0.15) is 0 Å². The number of hydrogen-bond donors (Lipinski definition) is 6. The van der Waals surface area contributed by atoms with Gasteiger partial charge in [0.2, 0.25) is 0 Å². The molecule has 0 unspecified atom stereocenters. The number of nitrogens with two attached hydrogens (primary N) is 1. The van der Waals surface area contributed by atoms with E-state index in [1.54, 1.807) is 12.1 Å². The molecule has 0 saturated carbocycles. The number of aliphatic hydroxyl groups is 2. The van der Waals surface area contributed by atoms with Crippen LogP contribution in [0.4, 0.5) is 15.8 Å². The number of benzene rings is 2. The van der Waals surface area contributed by atoms with Gasteiger partial charge in [0.05, 0.1) is 11.3 Å². The quantitative estimate of drug-likeness (QED) is 0.211. The van der Waals surface area contributed by atoms with Crippen LogP contribution in [0.2, 0.25) is 0 Å². The molecule has 2 aromatic carbocycles. The van der Waals surface area contributed by atoms with Crippen LogP contribution in [0.1, 0.15) is 28.4 Å². The molecule has 9 heteroatoms. The third kappa shape index (κ3) is 4.91. The first-order valence-electron chi connectivity index (χ1n) is 10.9. The molecule has 0 bridgehead atoms. The van der Waals surface area contributed by atoms with Gasteiger partial charge in [0.25, 0.3) is 5.91 Å². The van der Waals surface area contributed by atoms with E-state index in [2.05, 4.69) is 20.6 Å². The molecule has 0 aliphatic carbocycles. The number of halogens is 1. The van der Waals surface area contributed by atoms with Crippen molar-refractivity contribution in [1.82, 2.24) is 15.3 Å². The SMILES string of the molecule is CCc1c(CNCC(O)O)cccc1Nc1c(C(N)=O)cnc2[nH]c(-c3ccc(F)cc3)cc12. The number of aromatic nitrogens is 2. The molecule has 1 amide bonds. The highest BCUT2D eigenvalue weighted by Gasteiger charge is 2.18. The second-order valence-electron chi connectivity index (χ2n) is 7.90. The Balaban J connectivity index is 1.77. The molecule has 4 aromatic rings. The number of amides is 1. The number of H-pyrrole nitrogens is 1. The average molecular weight is 464 g/mol. The summed E-state index contributed by atoms with van der Waals surface area (Å²) in [5.74, 6) is -0.944. The van der Waals surface area contributed by atoms with Crippen LogP contribution in [-0.4, -0.2) is 38.9 Å². The molecule has 4 rings (SSSR count). The van der Waals surface area contributed by atoms with Crippen LogP contribution in [0.5, 0.6) is 0 Å². The molecule has 0 atom stereocenters. The maximum atomic E-state index is 13.4. The smallest absolute Gasteiger partial charge is 0.252 e. The van der Waals surface area contributed by atoms with Gasteiger partial charge in [-0.25, -0.2) is 9.37 Å². The van der Waals surface area contributed by atoms with Crippen LogP contribution in [-0.2, 0) is 13.0 Å². The molecule has 0 aliphatic heterocycles. The summed E-state index contributed by atoms with van der Waals surface area (Å²) in [6.45, 7) is 2.52. The van der Waals surface area contributed by atoms with E-state index in [4.69, 9.17) is 15.9 Å². The number of anilines is 2. The van der Waals surface area contributed by atoms with Gasteiger partial charge in [0.1, 0.15) is 11.5 Å². The summed E-state index contributed by atoms with van der Waals surface area (Å²) in [5.41, 5.74) is 11.3. The van der Waals surface area contributed by atoms with Crippen molar-refractivity contribution in [1.29, 1.82) is 0 Å². The molecular formula is C25H26FN5O3. The predicted octanol–water partition coefficient (Wildman–Crippen LogP) is 3.17. The fourth-order valence-corrected chi connectivity index (χ4v) is 3.99. The van der Waals surface area contributed by atoms with E-state index < -0.39 is 12.2 Å². The summed E-state index contributed by atoms with van der Waals surface area (Å²) in [6, 6.07) is 13.7. The van der Waals surface area contributed by atoms with Gasteiger partial charge in [-0.05, 0) is 59.5 Å². The number of pyridine rings is 1. The van der Waals surface area contributed by atoms with Gasteiger partial charge in [0, 0.05) is 36.1 Å². The average Bonchev–Trinajstić information content (AvgIpc) is 3.24. The zero-order valence-electron chi connectivity index (χ0n) is 18.6. The van der Waals surface area contributed by atoms with Crippen molar-refractivity contribution in [2.24, 2.45) is 5.73 Å². The Bertz CT molecular complexity index is 1320. The van der Waals surface area contributed by atoms with E-state index in [-0.39, 0.29) is 17.9 Å². The summed E-state index contributed by atoms with van der Waals surface area (Å²) in [7, 11) is 0. The Kier molecular flexibility index (Phi) is 6.87. The van der Waals surface area contributed by atoms with Crippen molar-refractivity contribution >= 4 is 28.3 Å². The molecule has 7 N–H and O–H groups in total. The lowest BCUT2D eigenvalue weighted by molar-refractivity contribution is -0.0373. The maximum Gasteiger partial charge on any atom is 0.252 e. The van der Waals surface area contributed by atoms with Gasteiger partial charge < -0.3 is 31.6 Å².